The normalized spacial score (nSPS) is 12.8. The summed E-state index contributed by atoms with van der Waals surface area (Å²) in [5, 5.41) is 23.4. The number of allylic oxidation sites excluding steroid dienone is 6. The van der Waals surface area contributed by atoms with Crippen molar-refractivity contribution in [3.63, 3.8) is 0 Å². The predicted octanol–water partition coefficient (Wildman–Crippen LogP) is 20.0. The SMILES string of the molecule is CCC/C=C\C/C=C\CCCCCCCC(=O)OCCCCCCCCCCCCC/C=C\CCCCCCCCCC(=O)NC(CO)C(O)CCCCCCCCCCCCCCCCCCCCC. The van der Waals surface area contributed by atoms with Crippen LogP contribution in [-0.2, 0) is 14.3 Å². The van der Waals surface area contributed by atoms with E-state index in [1.165, 1.54) is 257 Å². The molecule has 6 heteroatoms. The van der Waals surface area contributed by atoms with E-state index in [0.29, 0.717) is 25.9 Å². The Balaban J connectivity index is 3.43. The monoisotopic (exact) mass is 998 g/mol. The number of hydrogen-bond acceptors (Lipinski definition) is 5. The van der Waals surface area contributed by atoms with Crippen molar-refractivity contribution < 1.29 is 24.5 Å². The molecule has 0 fully saturated rings. The Morgan fingerprint density at radius 2 is 0.732 bits per heavy atom. The molecule has 71 heavy (non-hydrogen) atoms. The van der Waals surface area contributed by atoms with Crippen LogP contribution in [0.4, 0.5) is 0 Å². The molecule has 0 aliphatic carbocycles. The third-order valence-electron chi connectivity index (χ3n) is 14.6. The smallest absolute Gasteiger partial charge is 0.305 e. The van der Waals surface area contributed by atoms with Gasteiger partial charge in [-0.05, 0) is 77.0 Å². The van der Waals surface area contributed by atoms with E-state index in [4.69, 9.17) is 4.74 Å². The number of amides is 1. The van der Waals surface area contributed by atoms with Crippen LogP contribution in [-0.4, -0.2) is 47.4 Å². The molecule has 0 spiro atoms. The standard InChI is InChI=1S/C65H123NO5/c1-3-5-7-9-11-13-15-17-18-19-24-27-30-34-37-41-45-49-53-57-63(68)62(61-67)66-64(69)58-54-50-46-42-38-35-31-28-25-22-20-21-23-26-29-32-36-40-44-48-52-56-60-71-65(70)59-55-51-47-43-39-33-16-14-12-10-8-6-4-2/h8,10,14,16,22,25,62-63,67-68H,3-7,9,11-13,15,17-21,23-24,26-61H2,1-2H3,(H,66,69)/b10-8-,16-14-,25-22-. The van der Waals surface area contributed by atoms with E-state index in [1.54, 1.807) is 0 Å². The number of esters is 1. The molecule has 2 atom stereocenters. The zero-order valence-electron chi connectivity index (χ0n) is 47.7. The first-order chi connectivity index (χ1) is 35.0. The molecule has 1 amide bonds. The van der Waals surface area contributed by atoms with Crippen molar-refractivity contribution in [1.29, 1.82) is 0 Å². The number of carbonyl (C=O) groups is 2. The number of ether oxygens (including phenoxy) is 1. The van der Waals surface area contributed by atoms with Crippen LogP contribution in [0.1, 0.15) is 341 Å². The Morgan fingerprint density at radius 1 is 0.394 bits per heavy atom. The van der Waals surface area contributed by atoms with Crippen LogP contribution in [0.2, 0.25) is 0 Å². The van der Waals surface area contributed by atoms with Gasteiger partial charge in [0.15, 0.2) is 0 Å². The minimum Gasteiger partial charge on any atom is -0.466 e. The fraction of sp³-hybridized carbons (Fsp3) is 0.877. The van der Waals surface area contributed by atoms with Crippen LogP contribution in [0, 0.1) is 0 Å². The van der Waals surface area contributed by atoms with E-state index in [1.807, 2.05) is 0 Å². The number of carbonyl (C=O) groups excluding carboxylic acids is 2. The van der Waals surface area contributed by atoms with Crippen LogP contribution >= 0.6 is 0 Å². The highest BCUT2D eigenvalue weighted by atomic mass is 16.5. The van der Waals surface area contributed by atoms with Gasteiger partial charge in [0.05, 0.1) is 25.4 Å². The van der Waals surface area contributed by atoms with E-state index in [0.717, 1.165) is 51.4 Å². The number of hydrogen-bond donors (Lipinski definition) is 3. The zero-order chi connectivity index (χ0) is 51.4. The summed E-state index contributed by atoms with van der Waals surface area (Å²) in [4.78, 5) is 24.5. The van der Waals surface area contributed by atoms with Gasteiger partial charge in [0.2, 0.25) is 5.91 Å². The third kappa shape index (κ3) is 57.2. The summed E-state index contributed by atoms with van der Waals surface area (Å²) >= 11 is 0. The quantitative estimate of drug-likeness (QED) is 0.0321. The largest absolute Gasteiger partial charge is 0.466 e. The minimum absolute atomic E-state index is 0.00521. The molecule has 0 rings (SSSR count). The van der Waals surface area contributed by atoms with Gasteiger partial charge in [-0.25, -0.2) is 0 Å². The second-order valence-corrected chi connectivity index (χ2v) is 21.7. The molecule has 0 aliphatic heterocycles. The van der Waals surface area contributed by atoms with Gasteiger partial charge >= 0.3 is 5.97 Å². The first kappa shape index (κ1) is 69.1. The maximum absolute atomic E-state index is 12.5. The second-order valence-electron chi connectivity index (χ2n) is 21.7. The molecule has 0 bridgehead atoms. The molecule has 0 radical (unpaired) electrons. The molecular weight excluding hydrogens is 875 g/mol. The molecule has 2 unspecified atom stereocenters. The second kappa shape index (κ2) is 60.6. The van der Waals surface area contributed by atoms with Crippen LogP contribution in [0.25, 0.3) is 0 Å². The lowest BCUT2D eigenvalue weighted by molar-refractivity contribution is -0.143. The summed E-state index contributed by atoms with van der Waals surface area (Å²) in [5.74, 6) is -0.0448. The molecule has 0 aliphatic rings. The molecule has 0 heterocycles. The van der Waals surface area contributed by atoms with E-state index in [9.17, 15) is 19.8 Å². The molecule has 6 nitrogen and oxygen atoms in total. The lowest BCUT2D eigenvalue weighted by Gasteiger charge is -2.22. The maximum atomic E-state index is 12.5. The maximum Gasteiger partial charge on any atom is 0.305 e. The molecule has 0 aromatic heterocycles. The van der Waals surface area contributed by atoms with E-state index in [2.05, 4.69) is 55.6 Å². The molecule has 0 aromatic carbocycles. The van der Waals surface area contributed by atoms with Gasteiger partial charge in [0.1, 0.15) is 0 Å². The number of unbranched alkanes of at least 4 members (excludes halogenated alkanes) is 42. The van der Waals surface area contributed by atoms with Crippen molar-refractivity contribution in [2.24, 2.45) is 0 Å². The highest BCUT2D eigenvalue weighted by Crippen LogP contribution is 2.18. The average molecular weight is 999 g/mol. The van der Waals surface area contributed by atoms with Gasteiger partial charge < -0.3 is 20.3 Å². The van der Waals surface area contributed by atoms with Crippen molar-refractivity contribution >= 4 is 11.9 Å². The highest BCUT2D eigenvalue weighted by molar-refractivity contribution is 5.76. The molecule has 0 aromatic rings. The van der Waals surface area contributed by atoms with Crippen LogP contribution < -0.4 is 5.32 Å². The highest BCUT2D eigenvalue weighted by Gasteiger charge is 2.20. The predicted molar refractivity (Wildman–Crippen MR) is 310 cm³/mol. The molecule has 418 valence electrons. The lowest BCUT2D eigenvalue weighted by Crippen LogP contribution is -2.45. The van der Waals surface area contributed by atoms with Crippen molar-refractivity contribution in [2.75, 3.05) is 13.2 Å². The summed E-state index contributed by atoms with van der Waals surface area (Å²) in [6, 6.07) is -0.548. The van der Waals surface area contributed by atoms with Crippen molar-refractivity contribution in [1.82, 2.24) is 5.32 Å². The molecule has 0 saturated heterocycles. The van der Waals surface area contributed by atoms with E-state index in [-0.39, 0.29) is 18.5 Å². The first-order valence-electron chi connectivity index (χ1n) is 31.7. The fourth-order valence-corrected chi connectivity index (χ4v) is 9.79. The Bertz CT molecular complexity index is 1150. The molecule has 0 saturated carbocycles. The van der Waals surface area contributed by atoms with Gasteiger partial charge in [-0.2, -0.15) is 0 Å². The number of aliphatic hydroxyl groups excluding tert-OH is 2. The van der Waals surface area contributed by atoms with Gasteiger partial charge in [-0.15, -0.1) is 0 Å². The number of nitrogens with one attached hydrogen (secondary N) is 1. The number of aliphatic hydroxyl groups is 2. The summed E-state index contributed by atoms with van der Waals surface area (Å²) in [7, 11) is 0. The Morgan fingerprint density at radius 3 is 1.14 bits per heavy atom. The third-order valence-corrected chi connectivity index (χ3v) is 14.6. The summed E-state index contributed by atoms with van der Waals surface area (Å²) in [5.41, 5.74) is 0. The van der Waals surface area contributed by atoms with Gasteiger partial charge in [0.25, 0.3) is 0 Å². The molecule has 3 N–H and O–H groups in total. The Labute approximate surface area is 443 Å². The van der Waals surface area contributed by atoms with Crippen LogP contribution in [0.15, 0.2) is 36.5 Å². The minimum atomic E-state index is -0.670. The van der Waals surface area contributed by atoms with Gasteiger partial charge in [-0.1, -0.05) is 288 Å². The van der Waals surface area contributed by atoms with Crippen molar-refractivity contribution in [2.45, 2.75) is 353 Å². The Kier molecular flexibility index (Phi) is 59.0. The van der Waals surface area contributed by atoms with E-state index < -0.39 is 12.1 Å². The number of rotatable bonds is 59. The fourth-order valence-electron chi connectivity index (χ4n) is 9.79. The van der Waals surface area contributed by atoms with Gasteiger partial charge in [0, 0.05) is 12.8 Å². The first-order valence-corrected chi connectivity index (χ1v) is 31.7. The Hall–Kier alpha value is -1.92. The topological polar surface area (TPSA) is 95.9 Å². The van der Waals surface area contributed by atoms with Crippen molar-refractivity contribution in [3.8, 4) is 0 Å². The zero-order valence-corrected chi connectivity index (χ0v) is 47.7. The average Bonchev–Trinajstić information content (AvgIpc) is 3.37. The summed E-state index contributed by atoms with van der Waals surface area (Å²) in [6.45, 7) is 4.90. The van der Waals surface area contributed by atoms with Crippen LogP contribution in [0.5, 0.6) is 0 Å². The summed E-state index contributed by atoms with van der Waals surface area (Å²) in [6.07, 6.45) is 75.8. The van der Waals surface area contributed by atoms with Gasteiger partial charge in [-0.3, -0.25) is 9.59 Å². The summed E-state index contributed by atoms with van der Waals surface area (Å²) < 4.78 is 5.47. The lowest BCUT2D eigenvalue weighted by atomic mass is 10.0. The van der Waals surface area contributed by atoms with Crippen LogP contribution in [0.3, 0.4) is 0 Å². The van der Waals surface area contributed by atoms with Crippen molar-refractivity contribution in [3.05, 3.63) is 36.5 Å². The van der Waals surface area contributed by atoms with E-state index >= 15 is 0 Å². The molecular formula is C65H123NO5.